The number of nitrogens with zero attached hydrogens (tertiary/aromatic N) is 1. The van der Waals surface area contributed by atoms with E-state index in [1.54, 1.807) is 18.0 Å². The van der Waals surface area contributed by atoms with Gasteiger partial charge in [0.25, 0.3) is 0 Å². The number of nitrogens with one attached hydrogen (secondary N) is 1. The van der Waals surface area contributed by atoms with Gasteiger partial charge in [-0.2, -0.15) is 5.10 Å². The molecule has 0 bridgehead atoms. The van der Waals surface area contributed by atoms with Gasteiger partial charge in [0.05, 0.1) is 19.2 Å². The molecule has 0 fully saturated rings. The summed E-state index contributed by atoms with van der Waals surface area (Å²) in [6, 6.07) is 13.1. The summed E-state index contributed by atoms with van der Waals surface area (Å²) in [4.78, 5) is 13.2. The summed E-state index contributed by atoms with van der Waals surface area (Å²) in [6.07, 6.45) is 1.82. The molecule has 2 aromatic carbocycles. The highest BCUT2D eigenvalue weighted by Gasteiger charge is 2.09. The lowest BCUT2D eigenvalue weighted by atomic mass is 10.1. The molecule has 0 aliphatic carbocycles. The minimum Gasteiger partial charge on any atom is -0.493 e. The number of hydrogen-bond donors (Lipinski definition) is 1. The van der Waals surface area contributed by atoms with Crippen LogP contribution in [0.2, 0.25) is 5.02 Å². The lowest BCUT2D eigenvalue weighted by Crippen LogP contribution is -2.20. The standard InChI is InChI=1S/C19H21ClN2O2S/c1-3-24-17-8-6-5-7-14(17)13-21-22-19(23)12-15-11-16(20)9-10-18(15)25-4-2/h5-11,13H,3-4,12H2,1-2H3,(H,22,23)/b21-13-. The first-order valence-corrected chi connectivity index (χ1v) is 9.45. The fourth-order valence-corrected chi connectivity index (χ4v) is 3.23. The fourth-order valence-electron chi connectivity index (χ4n) is 2.24. The van der Waals surface area contributed by atoms with E-state index in [0.29, 0.717) is 11.6 Å². The SMILES string of the molecule is CCOc1ccccc1/C=N\NC(=O)Cc1cc(Cl)ccc1SCC. The molecule has 0 atom stereocenters. The largest absolute Gasteiger partial charge is 0.493 e. The number of halogens is 1. The molecule has 0 aliphatic rings. The predicted molar refractivity (Wildman–Crippen MR) is 105 cm³/mol. The van der Waals surface area contributed by atoms with Crippen LogP contribution in [0.3, 0.4) is 0 Å². The highest BCUT2D eigenvalue weighted by atomic mass is 35.5. The van der Waals surface area contributed by atoms with E-state index in [-0.39, 0.29) is 12.3 Å². The molecule has 2 rings (SSSR count). The van der Waals surface area contributed by atoms with E-state index in [4.69, 9.17) is 16.3 Å². The quantitative estimate of drug-likeness (QED) is 0.418. The summed E-state index contributed by atoms with van der Waals surface area (Å²) in [5.41, 5.74) is 4.28. The number of carbonyl (C=O) groups is 1. The first-order valence-electron chi connectivity index (χ1n) is 8.09. The van der Waals surface area contributed by atoms with Gasteiger partial charge in [-0.05, 0) is 48.6 Å². The summed E-state index contributed by atoms with van der Waals surface area (Å²) >= 11 is 7.73. The zero-order valence-electron chi connectivity index (χ0n) is 14.3. The molecule has 25 heavy (non-hydrogen) atoms. The molecule has 0 saturated heterocycles. The summed E-state index contributed by atoms with van der Waals surface area (Å²) in [6.45, 7) is 4.57. The molecule has 0 spiro atoms. The van der Waals surface area contributed by atoms with Crippen molar-refractivity contribution >= 4 is 35.5 Å². The molecule has 0 radical (unpaired) electrons. The van der Waals surface area contributed by atoms with Crippen molar-refractivity contribution in [2.45, 2.75) is 25.2 Å². The third-order valence-corrected chi connectivity index (χ3v) is 4.52. The van der Waals surface area contributed by atoms with Gasteiger partial charge in [-0.15, -0.1) is 11.8 Å². The van der Waals surface area contributed by atoms with Crippen molar-refractivity contribution in [1.29, 1.82) is 0 Å². The van der Waals surface area contributed by atoms with E-state index in [2.05, 4.69) is 17.5 Å². The van der Waals surface area contributed by atoms with Crippen molar-refractivity contribution in [1.82, 2.24) is 5.43 Å². The molecule has 0 unspecified atom stereocenters. The maximum absolute atomic E-state index is 12.2. The number of thioether (sulfide) groups is 1. The van der Waals surface area contributed by atoms with Crippen LogP contribution in [0.1, 0.15) is 25.0 Å². The molecule has 6 heteroatoms. The van der Waals surface area contributed by atoms with Gasteiger partial charge in [-0.1, -0.05) is 30.7 Å². The van der Waals surface area contributed by atoms with E-state index >= 15 is 0 Å². The zero-order chi connectivity index (χ0) is 18.1. The Hall–Kier alpha value is -1.98. The van der Waals surface area contributed by atoms with Crippen LogP contribution in [0.4, 0.5) is 0 Å². The van der Waals surface area contributed by atoms with Crippen molar-refractivity contribution in [3.63, 3.8) is 0 Å². The number of para-hydroxylation sites is 1. The van der Waals surface area contributed by atoms with E-state index < -0.39 is 0 Å². The van der Waals surface area contributed by atoms with Crippen LogP contribution in [-0.2, 0) is 11.2 Å². The van der Waals surface area contributed by atoms with Gasteiger partial charge < -0.3 is 4.74 Å². The average Bonchev–Trinajstić information content (AvgIpc) is 2.59. The van der Waals surface area contributed by atoms with Gasteiger partial charge in [0.2, 0.25) is 5.91 Å². The number of ether oxygens (including phenoxy) is 1. The highest BCUT2D eigenvalue weighted by molar-refractivity contribution is 7.99. The lowest BCUT2D eigenvalue weighted by Gasteiger charge is -2.08. The molecular formula is C19H21ClN2O2S. The topological polar surface area (TPSA) is 50.7 Å². The van der Waals surface area contributed by atoms with E-state index in [9.17, 15) is 4.79 Å². The predicted octanol–water partition coefficient (Wildman–Crippen LogP) is 4.54. The van der Waals surface area contributed by atoms with Crippen LogP contribution >= 0.6 is 23.4 Å². The van der Waals surface area contributed by atoms with Crippen molar-refractivity contribution in [2.75, 3.05) is 12.4 Å². The summed E-state index contributed by atoms with van der Waals surface area (Å²) < 4.78 is 5.52. The Morgan fingerprint density at radius 3 is 2.84 bits per heavy atom. The molecule has 0 aliphatic heterocycles. The Balaban J connectivity index is 2.01. The zero-order valence-corrected chi connectivity index (χ0v) is 15.9. The molecule has 0 aromatic heterocycles. The Bertz CT molecular complexity index is 750. The number of hydrogen-bond acceptors (Lipinski definition) is 4. The minimum absolute atomic E-state index is 0.189. The number of hydrazone groups is 1. The molecule has 1 N–H and O–H groups in total. The van der Waals surface area contributed by atoms with Crippen molar-refractivity contribution in [2.24, 2.45) is 5.10 Å². The highest BCUT2D eigenvalue weighted by Crippen LogP contribution is 2.26. The van der Waals surface area contributed by atoms with Crippen molar-refractivity contribution in [3.05, 3.63) is 58.6 Å². The fraction of sp³-hybridized carbons (Fsp3) is 0.263. The molecule has 132 valence electrons. The Kier molecular flexibility index (Phi) is 7.82. The average molecular weight is 377 g/mol. The van der Waals surface area contributed by atoms with Gasteiger partial charge in [0.15, 0.2) is 0 Å². The Labute approximate surface area is 157 Å². The third kappa shape index (κ3) is 6.11. The first kappa shape index (κ1) is 19.3. The van der Waals surface area contributed by atoms with Crippen molar-refractivity contribution < 1.29 is 9.53 Å². The monoisotopic (exact) mass is 376 g/mol. The van der Waals surface area contributed by atoms with Crippen LogP contribution < -0.4 is 10.2 Å². The first-order chi connectivity index (χ1) is 12.1. The normalized spacial score (nSPS) is 10.8. The van der Waals surface area contributed by atoms with Gasteiger partial charge in [0, 0.05) is 15.5 Å². The molecule has 0 saturated carbocycles. The molecule has 2 aromatic rings. The lowest BCUT2D eigenvalue weighted by molar-refractivity contribution is -0.120. The molecular weight excluding hydrogens is 356 g/mol. The van der Waals surface area contributed by atoms with Gasteiger partial charge in [0.1, 0.15) is 5.75 Å². The van der Waals surface area contributed by atoms with Gasteiger partial charge in [-0.3, -0.25) is 4.79 Å². The number of carbonyl (C=O) groups excluding carboxylic acids is 1. The maximum Gasteiger partial charge on any atom is 0.244 e. The van der Waals surface area contributed by atoms with Gasteiger partial charge in [-0.25, -0.2) is 5.43 Å². The van der Waals surface area contributed by atoms with Crippen LogP contribution in [-0.4, -0.2) is 24.5 Å². The minimum atomic E-state index is -0.189. The third-order valence-electron chi connectivity index (χ3n) is 3.29. The van der Waals surface area contributed by atoms with E-state index in [0.717, 1.165) is 27.5 Å². The second kappa shape index (κ2) is 10.1. The molecule has 0 heterocycles. The number of benzene rings is 2. The second-order valence-corrected chi connectivity index (χ2v) is 6.87. The van der Waals surface area contributed by atoms with Crippen LogP contribution in [0.15, 0.2) is 52.5 Å². The summed E-state index contributed by atoms with van der Waals surface area (Å²) in [7, 11) is 0. The summed E-state index contributed by atoms with van der Waals surface area (Å²) in [5.74, 6) is 1.48. The van der Waals surface area contributed by atoms with Crippen LogP contribution in [0.25, 0.3) is 0 Å². The number of amides is 1. The molecule has 1 amide bonds. The second-order valence-electron chi connectivity index (χ2n) is 5.13. The van der Waals surface area contributed by atoms with Crippen molar-refractivity contribution in [3.8, 4) is 5.75 Å². The maximum atomic E-state index is 12.2. The van der Waals surface area contributed by atoms with Crippen LogP contribution in [0, 0.1) is 0 Å². The number of rotatable bonds is 8. The van der Waals surface area contributed by atoms with E-state index in [1.165, 1.54) is 0 Å². The van der Waals surface area contributed by atoms with Gasteiger partial charge >= 0.3 is 0 Å². The smallest absolute Gasteiger partial charge is 0.244 e. The molecule has 4 nitrogen and oxygen atoms in total. The van der Waals surface area contributed by atoms with Crippen LogP contribution in [0.5, 0.6) is 5.75 Å². The Morgan fingerprint density at radius 2 is 2.08 bits per heavy atom. The summed E-state index contributed by atoms with van der Waals surface area (Å²) in [5, 5.41) is 4.66. The Morgan fingerprint density at radius 1 is 1.28 bits per heavy atom. The van der Waals surface area contributed by atoms with E-state index in [1.807, 2.05) is 49.4 Å².